The maximum absolute atomic E-state index is 8.92. The van der Waals surface area contributed by atoms with Gasteiger partial charge in [-0.15, -0.1) is 0 Å². The predicted octanol–water partition coefficient (Wildman–Crippen LogP) is 4.37. The molecule has 5 heteroatoms. The normalized spacial score (nSPS) is 9.66. The summed E-state index contributed by atoms with van der Waals surface area (Å²) in [5, 5.41) is 8.92. The lowest BCUT2D eigenvalue weighted by Gasteiger charge is -1.99. The summed E-state index contributed by atoms with van der Waals surface area (Å²) in [4.78, 5) is 0. The Bertz CT molecular complexity index is 1340. The largest absolute Gasteiger partial charge is 0.497 e. The molecule has 0 atom stereocenters. The van der Waals surface area contributed by atoms with Gasteiger partial charge in [-0.2, -0.15) is 14.0 Å². The minimum Gasteiger partial charge on any atom is -0.497 e. The van der Waals surface area contributed by atoms with Crippen LogP contribution in [0.3, 0.4) is 0 Å². The highest BCUT2D eigenvalue weighted by Gasteiger charge is 2.05. The van der Waals surface area contributed by atoms with Crippen molar-refractivity contribution < 1.29 is 4.74 Å². The first-order valence-electron chi connectivity index (χ1n) is 8.70. The Morgan fingerprint density at radius 2 is 1.21 bits per heavy atom. The summed E-state index contributed by atoms with van der Waals surface area (Å²) in [6.45, 7) is 0. The topological polar surface area (TPSA) is 58.8 Å². The van der Waals surface area contributed by atoms with Crippen LogP contribution in [0.2, 0.25) is 0 Å². The Morgan fingerprint density at radius 1 is 0.724 bits per heavy atom. The summed E-state index contributed by atoms with van der Waals surface area (Å²) in [6, 6.07) is 20.7. The minimum atomic E-state index is 0.608. The second-order valence-corrected chi connectivity index (χ2v) is 6.60. The van der Waals surface area contributed by atoms with Gasteiger partial charge in [0.1, 0.15) is 16.8 Å². The van der Waals surface area contributed by atoms with Gasteiger partial charge < -0.3 is 4.74 Å². The number of hydrogen-bond donors (Lipinski definition) is 0. The van der Waals surface area contributed by atoms with Crippen LogP contribution in [0.15, 0.2) is 60.7 Å². The maximum Gasteiger partial charge on any atom is 0.118 e. The summed E-state index contributed by atoms with van der Waals surface area (Å²) in [7, 11) is 1.64. The third-order valence-electron chi connectivity index (χ3n) is 4.18. The van der Waals surface area contributed by atoms with Gasteiger partial charge in [-0.1, -0.05) is 23.7 Å². The zero-order valence-electron chi connectivity index (χ0n) is 15.4. The predicted molar refractivity (Wildman–Crippen MR) is 114 cm³/mol. The van der Waals surface area contributed by atoms with E-state index in [1.165, 1.54) is 11.7 Å². The number of benzene rings is 3. The van der Waals surface area contributed by atoms with Crippen molar-refractivity contribution in [2.24, 2.45) is 0 Å². The SMILES string of the molecule is COc1ccc(C#Cc2cc3nsnc3cc2C#Cc2ccc(C#N)cc2)cc1. The zero-order valence-corrected chi connectivity index (χ0v) is 16.2. The second kappa shape index (κ2) is 8.28. The van der Waals surface area contributed by atoms with Gasteiger partial charge in [0, 0.05) is 22.3 Å². The molecule has 3 aromatic carbocycles. The first-order valence-corrected chi connectivity index (χ1v) is 9.43. The smallest absolute Gasteiger partial charge is 0.118 e. The zero-order chi connectivity index (χ0) is 20.1. The van der Waals surface area contributed by atoms with Crippen molar-refractivity contribution >= 4 is 22.8 Å². The Kier molecular flexibility index (Phi) is 5.21. The van der Waals surface area contributed by atoms with Crippen LogP contribution in [0.1, 0.15) is 27.8 Å². The minimum absolute atomic E-state index is 0.608. The monoisotopic (exact) mass is 391 g/mol. The molecule has 4 nitrogen and oxygen atoms in total. The Morgan fingerprint density at radius 3 is 1.69 bits per heavy atom. The van der Waals surface area contributed by atoms with E-state index in [1.807, 2.05) is 48.5 Å². The van der Waals surface area contributed by atoms with Gasteiger partial charge in [0.05, 0.1) is 30.5 Å². The summed E-state index contributed by atoms with van der Waals surface area (Å²) in [5.74, 6) is 13.5. The van der Waals surface area contributed by atoms with E-state index in [0.717, 1.165) is 39.0 Å². The molecular formula is C24H13N3OS. The number of methoxy groups -OCH3 is 1. The molecule has 0 radical (unpaired) electrons. The van der Waals surface area contributed by atoms with Crippen molar-refractivity contribution in [2.75, 3.05) is 7.11 Å². The van der Waals surface area contributed by atoms with Crippen molar-refractivity contribution in [1.82, 2.24) is 8.75 Å². The average molecular weight is 391 g/mol. The van der Waals surface area contributed by atoms with Crippen LogP contribution in [-0.2, 0) is 0 Å². The fourth-order valence-corrected chi connectivity index (χ4v) is 3.13. The van der Waals surface area contributed by atoms with Gasteiger partial charge in [-0.3, -0.25) is 0 Å². The number of hydrogen-bond acceptors (Lipinski definition) is 5. The van der Waals surface area contributed by atoms with Gasteiger partial charge in [-0.25, -0.2) is 0 Å². The molecule has 0 aliphatic carbocycles. The summed E-state index contributed by atoms with van der Waals surface area (Å²) < 4.78 is 13.8. The van der Waals surface area contributed by atoms with E-state index in [0.29, 0.717) is 5.56 Å². The molecule has 0 N–H and O–H groups in total. The quantitative estimate of drug-likeness (QED) is 0.452. The van der Waals surface area contributed by atoms with E-state index in [1.54, 1.807) is 19.2 Å². The van der Waals surface area contributed by atoms with Gasteiger partial charge in [0.15, 0.2) is 0 Å². The molecule has 0 unspecified atom stereocenters. The van der Waals surface area contributed by atoms with E-state index in [-0.39, 0.29) is 0 Å². The highest BCUT2D eigenvalue weighted by Crippen LogP contribution is 2.18. The fourth-order valence-electron chi connectivity index (χ4n) is 2.62. The van der Waals surface area contributed by atoms with E-state index < -0.39 is 0 Å². The molecular weight excluding hydrogens is 378 g/mol. The lowest BCUT2D eigenvalue weighted by molar-refractivity contribution is 0.415. The lowest BCUT2D eigenvalue weighted by Crippen LogP contribution is -1.86. The molecule has 0 spiro atoms. The highest BCUT2D eigenvalue weighted by molar-refractivity contribution is 7.00. The van der Waals surface area contributed by atoms with Crippen LogP contribution >= 0.6 is 11.7 Å². The number of rotatable bonds is 1. The van der Waals surface area contributed by atoms with Crippen LogP contribution in [0.4, 0.5) is 0 Å². The van der Waals surface area contributed by atoms with Crippen molar-refractivity contribution in [3.8, 4) is 35.5 Å². The molecule has 0 aliphatic heterocycles. The summed E-state index contributed by atoms with van der Waals surface area (Å²) in [5.41, 5.74) is 5.50. The van der Waals surface area contributed by atoms with E-state index in [9.17, 15) is 0 Å². The third kappa shape index (κ3) is 4.25. The molecule has 0 saturated carbocycles. The van der Waals surface area contributed by atoms with Crippen LogP contribution in [-0.4, -0.2) is 15.9 Å². The molecule has 0 amide bonds. The Labute approximate surface area is 172 Å². The van der Waals surface area contributed by atoms with Gasteiger partial charge in [0.2, 0.25) is 0 Å². The molecule has 136 valence electrons. The highest BCUT2D eigenvalue weighted by atomic mass is 32.1. The van der Waals surface area contributed by atoms with Gasteiger partial charge in [-0.05, 0) is 60.7 Å². The van der Waals surface area contributed by atoms with E-state index >= 15 is 0 Å². The first-order chi connectivity index (χ1) is 14.2. The molecule has 1 heterocycles. The van der Waals surface area contributed by atoms with Crippen molar-refractivity contribution in [3.63, 3.8) is 0 Å². The van der Waals surface area contributed by atoms with Crippen LogP contribution in [0, 0.1) is 35.0 Å². The Balaban J connectivity index is 1.72. The average Bonchev–Trinajstić information content (AvgIpc) is 3.24. The molecule has 4 aromatic rings. The van der Waals surface area contributed by atoms with E-state index in [2.05, 4.69) is 38.5 Å². The lowest BCUT2D eigenvalue weighted by atomic mass is 10.1. The fraction of sp³-hybridized carbons (Fsp3) is 0.0417. The standard InChI is InChI=1S/C24H13N3OS/c1-28-22-12-8-18(9-13-22)7-11-21-15-24-23(26-29-27-24)14-20(21)10-6-17-2-4-19(16-25)5-3-17/h2-5,8-9,12-15H,1H3. The van der Waals surface area contributed by atoms with Crippen molar-refractivity contribution in [1.29, 1.82) is 5.26 Å². The van der Waals surface area contributed by atoms with Crippen LogP contribution in [0.25, 0.3) is 11.0 Å². The summed E-state index contributed by atoms with van der Waals surface area (Å²) in [6.07, 6.45) is 0. The molecule has 0 aliphatic rings. The van der Waals surface area contributed by atoms with Crippen LogP contribution in [0.5, 0.6) is 5.75 Å². The number of fused-ring (bicyclic) bond motifs is 1. The van der Waals surface area contributed by atoms with Crippen LogP contribution < -0.4 is 4.74 Å². The summed E-state index contributed by atoms with van der Waals surface area (Å²) >= 11 is 1.17. The number of ether oxygens (including phenoxy) is 1. The van der Waals surface area contributed by atoms with Gasteiger partial charge in [0.25, 0.3) is 0 Å². The molecule has 1 aromatic heterocycles. The molecule has 0 bridgehead atoms. The molecule has 0 fully saturated rings. The maximum atomic E-state index is 8.92. The van der Waals surface area contributed by atoms with Gasteiger partial charge >= 0.3 is 0 Å². The van der Waals surface area contributed by atoms with Crippen molar-refractivity contribution in [2.45, 2.75) is 0 Å². The second-order valence-electron chi connectivity index (χ2n) is 6.07. The Hall–Kier alpha value is -4.11. The molecule has 4 rings (SSSR count). The third-order valence-corrected chi connectivity index (χ3v) is 4.74. The number of aromatic nitrogens is 2. The van der Waals surface area contributed by atoms with Crippen molar-refractivity contribution in [3.05, 3.63) is 88.5 Å². The first kappa shape index (κ1) is 18.3. The van der Waals surface area contributed by atoms with E-state index in [4.69, 9.17) is 10.00 Å². The number of nitriles is 1. The molecule has 29 heavy (non-hydrogen) atoms. The molecule has 0 saturated heterocycles. The number of nitrogens with zero attached hydrogens (tertiary/aromatic N) is 3.